The van der Waals surface area contributed by atoms with E-state index in [1.165, 1.54) is 12.8 Å². The summed E-state index contributed by atoms with van der Waals surface area (Å²) in [6, 6.07) is 0. The third kappa shape index (κ3) is 9.76. The lowest BCUT2D eigenvalue weighted by Gasteiger charge is -1.99. The molecule has 0 heterocycles. The second-order valence-electron chi connectivity index (χ2n) is 2.16. The molecule has 0 fully saturated rings. The van der Waals surface area contributed by atoms with Crippen molar-refractivity contribution in [1.82, 2.24) is 0 Å². The van der Waals surface area contributed by atoms with Crippen molar-refractivity contribution in [1.29, 1.82) is 0 Å². The molecule has 0 aliphatic rings. The Hall–Kier alpha value is -0.240. The van der Waals surface area contributed by atoms with E-state index in [-0.39, 0.29) is 0 Å². The Morgan fingerprint density at radius 1 is 1.00 bits per heavy atom. The molecule has 6 heteroatoms. The fraction of sp³-hybridized carbons (Fsp3) is 1.00. The van der Waals surface area contributed by atoms with Crippen LogP contribution in [0.25, 0.3) is 0 Å². The SMILES string of the molecule is CCCCCCOOOOOO. The normalized spacial score (nSPS) is 10.5. The fourth-order valence-electron chi connectivity index (χ4n) is 0.665. The van der Waals surface area contributed by atoms with Gasteiger partial charge >= 0.3 is 0 Å². The first-order valence-electron chi connectivity index (χ1n) is 3.85. The van der Waals surface area contributed by atoms with E-state index >= 15 is 0 Å². The van der Waals surface area contributed by atoms with Crippen LogP contribution in [0.1, 0.15) is 32.6 Å². The molecule has 0 aliphatic heterocycles. The van der Waals surface area contributed by atoms with Crippen LogP contribution in [-0.4, -0.2) is 11.9 Å². The highest BCUT2D eigenvalue weighted by Gasteiger charge is 1.91. The second-order valence-corrected chi connectivity index (χ2v) is 2.16. The van der Waals surface area contributed by atoms with Crippen LogP contribution < -0.4 is 0 Å². The predicted molar refractivity (Wildman–Crippen MR) is 37.1 cm³/mol. The minimum absolute atomic E-state index is 0.411. The highest BCUT2D eigenvalue weighted by molar-refractivity contribution is 4.36. The highest BCUT2D eigenvalue weighted by Crippen LogP contribution is 1.99. The maximum absolute atomic E-state index is 7.56. The summed E-state index contributed by atoms with van der Waals surface area (Å²) in [6.07, 6.45) is 4.30. The standard InChI is InChI=1S/C6H14O6/c1-2-3-4-5-6-8-10-12-11-9-7/h7H,2-6H2,1H3. The van der Waals surface area contributed by atoms with Crippen molar-refractivity contribution >= 4 is 0 Å². The molecule has 0 unspecified atom stereocenters. The molecule has 0 radical (unpaired) electrons. The first kappa shape index (κ1) is 11.8. The van der Waals surface area contributed by atoms with Gasteiger partial charge in [0.1, 0.15) is 0 Å². The molecule has 0 aromatic rings. The maximum Gasteiger partial charge on any atom is 0.0855 e. The molecule has 0 atom stereocenters. The van der Waals surface area contributed by atoms with Crippen LogP contribution in [0, 0.1) is 0 Å². The lowest BCUT2D eigenvalue weighted by Crippen LogP contribution is -1.99. The smallest absolute Gasteiger partial charge is 0.0855 e. The quantitative estimate of drug-likeness (QED) is 0.333. The van der Waals surface area contributed by atoms with E-state index in [1.807, 2.05) is 0 Å². The summed E-state index contributed by atoms with van der Waals surface area (Å²) in [5, 5.41) is 21.7. The first-order chi connectivity index (χ1) is 5.91. The number of hydrogen-bond acceptors (Lipinski definition) is 6. The van der Waals surface area contributed by atoms with Gasteiger partial charge in [0.2, 0.25) is 0 Å². The lowest BCUT2D eigenvalue weighted by atomic mass is 10.2. The van der Waals surface area contributed by atoms with Crippen LogP contribution in [0.15, 0.2) is 0 Å². The molecule has 0 aromatic carbocycles. The summed E-state index contributed by atoms with van der Waals surface area (Å²) in [5.41, 5.74) is 0. The summed E-state index contributed by atoms with van der Waals surface area (Å²) >= 11 is 0. The summed E-state index contributed by atoms with van der Waals surface area (Å²) in [4.78, 5) is 4.44. The van der Waals surface area contributed by atoms with Crippen molar-refractivity contribution in [3.63, 3.8) is 0 Å². The molecule has 0 amide bonds. The zero-order valence-corrected chi connectivity index (χ0v) is 7.02. The van der Waals surface area contributed by atoms with Crippen molar-refractivity contribution in [2.75, 3.05) is 6.61 Å². The van der Waals surface area contributed by atoms with Crippen LogP contribution in [0.3, 0.4) is 0 Å². The molecular formula is C6H14O6. The van der Waals surface area contributed by atoms with E-state index in [1.54, 1.807) is 0 Å². The van der Waals surface area contributed by atoms with Gasteiger partial charge in [-0.2, -0.15) is 0 Å². The molecular weight excluding hydrogens is 168 g/mol. The second kappa shape index (κ2) is 10.8. The van der Waals surface area contributed by atoms with Gasteiger partial charge < -0.3 is 0 Å². The van der Waals surface area contributed by atoms with Crippen LogP contribution in [0.2, 0.25) is 0 Å². The van der Waals surface area contributed by atoms with E-state index in [9.17, 15) is 0 Å². The van der Waals surface area contributed by atoms with E-state index in [2.05, 4.69) is 32.0 Å². The molecule has 0 aromatic heterocycles. The molecule has 74 valence electrons. The molecule has 0 spiro atoms. The third-order valence-corrected chi connectivity index (χ3v) is 1.22. The van der Waals surface area contributed by atoms with E-state index in [0.29, 0.717) is 6.61 Å². The highest BCUT2D eigenvalue weighted by atomic mass is 17.8. The summed E-state index contributed by atoms with van der Waals surface area (Å²) < 4.78 is 0. The largest absolute Gasteiger partial charge is 0.219 e. The topological polar surface area (TPSA) is 66.4 Å². The Bertz CT molecular complexity index is 68.4. The summed E-state index contributed by atoms with van der Waals surface area (Å²) in [5.74, 6) is 0. The van der Waals surface area contributed by atoms with Crippen molar-refractivity contribution in [2.24, 2.45) is 0 Å². The summed E-state index contributed by atoms with van der Waals surface area (Å²) in [6.45, 7) is 2.53. The molecule has 0 saturated heterocycles. The fourth-order valence-corrected chi connectivity index (χ4v) is 0.665. The monoisotopic (exact) mass is 182 g/mol. The molecule has 1 N–H and O–H groups in total. The Balaban J connectivity index is 2.73. The number of unbranched alkanes of at least 4 members (excludes halogenated alkanes) is 3. The summed E-state index contributed by atoms with van der Waals surface area (Å²) in [7, 11) is 0. The molecule has 12 heavy (non-hydrogen) atoms. The average Bonchev–Trinajstić information content (AvgIpc) is 2.10. The lowest BCUT2D eigenvalue weighted by molar-refractivity contribution is -0.753. The van der Waals surface area contributed by atoms with E-state index in [4.69, 9.17) is 5.26 Å². The Morgan fingerprint density at radius 3 is 2.50 bits per heavy atom. The average molecular weight is 182 g/mol. The van der Waals surface area contributed by atoms with Gasteiger partial charge in [-0.25, -0.2) is 10.1 Å². The Morgan fingerprint density at radius 2 is 1.83 bits per heavy atom. The Kier molecular flexibility index (Phi) is 10.5. The Labute approximate surface area is 70.6 Å². The van der Waals surface area contributed by atoms with E-state index < -0.39 is 0 Å². The van der Waals surface area contributed by atoms with E-state index in [0.717, 1.165) is 12.8 Å². The van der Waals surface area contributed by atoms with Crippen molar-refractivity contribution < 1.29 is 30.3 Å². The molecule has 0 saturated carbocycles. The van der Waals surface area contributed by atoms with Gasteiger partial charge in [0.25, 0.3) is 0 Å². The minimum Gasteiger partial charge on any atom is -0.219 e. The van der Waals surface area contributed by atoms with Gasteiger partial charge in [0.05, 0.1) is 6.61 Å². The predicted octanol–water partition coefficient (Wildman–Crippen LogP) is 1.78. The third-order valence-electron chi connectivity index (χ3n) is 1.22. The molecule has 0 bridgehead atoms. The zero-order chi connectivity index (χ0) is 9.07. The zero-order valence-electron chi connectivity index (χ0n) is 7.02. The van der Waals surface area contributed by atoms with Gasteiger partial charge in [-0.05, 0) is 26.6 Å². The first-order valence-corrected chi connectivity index (χ1v) is 3.85. The maximum atomic E-state index is 7.56. The number of hydrogen-bond donors (Lipinski definition) is 1. The van der Waals surface area contributed by atoms with Crippen LogP contribution in [0.5, 0.6) is 0 Å². The molecule has 0 aliphatic carbocycles. The van der Waals surface area contributed by atoms with Crippen molar-refractivity contribution in [3.05, 3.63) is 0 Å². The van der Waals surface area contributed by atoms with Crippen LogP contribution >= 0.6 is 0 Å². The van der Waals surface area contributed by atoms with Gasteiger partial charge in [-0.3, -0.25) is 0 Å². The van der Waals surface area contributed by atoms with Crippen molar-refractivity contribution in [2.45, 2.75) is 32.6 Å². The van der Waals surface area contributed by atoms with Gasteiger partial charge in [0, 0.05) is 0 Å². The molecule has 6 nitrogen and oxygen atoms in total. The van der Waals surface area contributed by atoms with Gasteiger partial charge in [0.15, 0.2) is 0 Å². The van der Waals surface area contributed by atoms with Crippen LogP contribution in [0.4, 0.5) is 0 Å². The van der Waals surface area contributed by atoms with Crippen LogP contribution in [-0.2, 0) is 25.0 Å². The van der Waals surface area contributed by atoms with Gasteiger partial charge in [-0.15, -0.1) is 0 Å². The van der Waals surface area contributed by atoms with Crippen molar-refractivity contribution in [3.8, 4) is 0 Å². The minimum atomic E-state index is 0.411. The number of rotatable bonds is 9. The molecule has 0 rings (SSSR count). The van der Waals surface area contributed by atoms with Gasteiger partial charge in [-0.1, -0.05) is 26.2 Å².